The molecular formula is C17H23N5O. The second-order valence-electron chi connectivity index (χ2n) is 5.87. The van der Waals surface area contributed by atoms with Gasteiger partial charge >= 0.3 is 0 Å². The Hall–Kier alpha value is -2.21. The first kappa shape index (κ1) is 15.7. The van der Waals surface area contributed by atoms with Crippen molar-refractivity contribution in [1.29, 1.82) is 0 Å². The van der Waals surface area contributed by atoms with E-state index in [1.165, 1.54) is 23.8 Å². The van der Waals surface area contributed by atoms with Crippen molar-refractivity contribution in [3.05, 3.63) is 42.2 Å². The van der Waals surface area contributed by atoms with Crippen molar-refractivity contribution in [1.82, 2.24) is 25.2 Å². The van der Waals surface area contributed by atoms with Gasteiger partial charge in [0, 0.05) is 12.6 Å². The Morgan fingerprint density at radius 1 is 1.26 bits per heavy atom. The Morgan fingerprint density at radius 2 is 2.00 bits per heavy atom. The van der Waals surface area contributed by atoms with Gasteiger partial charge in [0.1, 0.15) is 0 Å². The average molecular weight is 313 g/mol. The van der Waals surface area contributed by atoms with Crippen molar-refractivity contribution in [2.45, 2.75) is 32.2 Å². The van der Waals surface area contributed by atoms with Crippen molar-refractivity contribution in [2.75, 3.05) is 19.6 Å². The second-order valence-corrected chi connectivity index (χ2v) is 5.87. The summed E-state index contributed by atoms with van der Waals surface area (Å²) in [5, 5.41) is 11.4. The summed E-state index contributed by atoms with van der Waals surface area (Å²) >= 11 is 0. The van der Waals surface area contributed by atoms with E-state index in [1.54, 1.807) is 0 Å². The molecule has 6 heteroatoms. The number of hydrogen-bond acceptors (Lipinski definition) is 4. The zero-order chi connectivity index (χ0) is 16.1. The Labute approximate surface area is 136 Å². The molecule has 0 radical (unpaired) electrons. The number of hydrogen-bond donors (Lipinski definition) is 1. The van der Waals surface area contributed by atoms with Gasteiger partial charge in [-0.2, -0.15) is 9.90 Å². The maximum absolute atomic E-state index is 12.3. The molecule has 23 heavy (non-hydrogen) atoms. The van der Waals surface area contributed by atoms with Gasteiger partial charge in [0.15, 0.2) is 5.69 Å². The van der Waals surface area contributed by atoms with E-state index in [-0.39, 0.29) is 5.91 Å². The van der Waals surface area contributed by atoms with Crippen molar-refractivity contribution >= 4 is 5.91 Å². The van der Waals surface area contributed by atoms with E-state index in [0.717, 1.165) is 25.2 Å². The molecule has 2 heterocycles. The molecule has 1 saturated heterocycles. The molecule has 1 aliphatic rings. The fourth-order valence-electron chi connectivity index (χ4n) is 2.99. The second kappa shape index (κ2) is 7.37. The van der Waals surface area contributed by atoms with Crippen LogP contribution < -0.4 is 5.32 Å². The topological polar surface area (TPSA) is 63.1 Å². The minimum absolute atomic E-state index is 0.162. The van der Waals surface area contributed by atoms with Crippen LogP contribution in [-0.4, -0.2) is 51.5 Å². The molecule has 1 fully saturated rings. The van der Waals surface area contributed by atoms with Crippen LogP contribution in [0.5, 0.6) is 0 Å². The molecule has 0 saturated carbocycles. The molecule has 0 aliphatic carbocycles. The molecule has 6 nitrogen and oxygen atoms in total. The van der Waals surface area contributed by atoms with Gasteiger partial charge in [-0.1, -0.05) is 25.1 Å². The average Bonchev–Trinajstić information content (AvgIpc) is 3.28. The van der Waals surface area contributed by atoms with Crippen LogP contribution in [0.3, 0.4) is 0 Å². The van der Waals surface area contributed by atoms with E-state index in [9.17, 15) is 4.79 Å². The van der Waals surface area contributed by atoms with Crippen LogP contribution in [0.25, 0.3) is 5.69 Å². The third kappa shape index (κ3) is 3.76. The van der Waals surface area contributed by atoms with Crippen LogP contribution in [-0.2, 0) is 0 Å². The number of aromatic nitrogens is 3. The van der Waals surface area contributed by atoms with Crippen LogP contribution in [0, 0.1) is 0 Å². The van der Waals surface area contributed by atoms with Gasteiger partial charge in [0.2, 0.25) is 0 Å². The van der Waals surface area contributed by atoms with Gasteiger partial charge in [-0.05, 0) is 44.5 Å². The van der Waals surface area contributed by atoms with Crippen molar-refractivity contribution in [3.8, 4) is 5.69 Å². The number of likely N-dealkylation sites (tertiary alicyclic amines) is 1. The van der Waals surface area contributed by atoms with Crippen LogP contribution in [0.15, 0.2) is 36.5 Å². The summed E-state index contributed by atoms with van der Waals surface area (Å²) in [7, 11) is 0. The molecule has 0 bridgehead atoms. The first-order chi connectivity index (χ1) is 11.3. The fraction of sp³-hybridized carbons (Fsp3) is 0.471. The van der Waals surface area contributed by atoms with Crippen LogP contribution in [0.1, 0.15) is 36.7 Å². The smallest absolute Gasteiger partial charge is 0.273 e. The van der Waals surface area contributed by atoms with Crippen molar-refractivity contribution in [3.63, 3.8) is 0 Å². The number of rotatable bonds is 6. The van der Waals surface area contributed by atoms with Gasteiger partial charge in [-0.15, -0.1) is 5.10 Å². The number of para-hydroxylation sites is 1. The fourth-order valence-corrected chi connectivity index (χ4v) is 2.99. The summed E-state index contributed by atoms with van der Waals surface area (Å²) in [6.45, 7) is 5.10. The van der Waals surface area contributed by atoms with Gasteiger partial charge in [0.25, 0.3) is 5.91 Å². The first-order valence-corrected chi connectivity index (χ1v) is 8.28. The molecule has 1 N–H and O–H groups in total. The zero-order valence-corrected chi connectivity index (χ0v) is 13.5. The molecule has 0 unspecified atom stereocenters. The first-order valence-electron chi connectivity index (χ1n) is 8.28. The summed E-state index contributed by atoms with van der Waals surface area (Å²) in [5.41, 5.74) is 1.19. The summed E-state index contributed by atoms with van der Waals surface area (Å²) < 4.78 is 0. The predicted octanol–water partition coefficient (Wildman–Crippen LogP) is 1.87. The summed E-state index contributed by atoms with van der Waals surface area (Å²) in [4.78, 5) is 16.2. The number of carbonyl (C=O) groups is 1. The maximum atomic E-state index is 12.3. The minimum Gasteiger partial charge on any atom is -0.349 e. The number of amides is 1. The van der Waals surface area contributed by atoms with E-state index in [1.807, 2.05) is 30.3 Å². The molecule has 1 aliphatic heterocycles. The highest BCUT2D eigenvalue weighted by Crippen LogP contribution is 2.13. The normalized spacial score (nSPS) is 16.4. The van der Waals surface area contributed by atoms with Crippen LogP contribution in [0.2, 0.25) is 0 Å². The van der Waals surface area contributed by atoms with E-state index in [2.05, 4.69) is 27.3 Å². The number of nitrogens with one attached hydrogen (secondary N) is 1. The molecular weight excluding hydrogens is 290 g/mol. The quantitative estimate of drug-likeness (QED) is 0.884. The summed E-state index contributed by atoms with van der Waals surface area (Å²) in [6, 6.07) is 9.99. The molecule has 2 aromatic rings. The molecule has 122 valence electrons. The van der Waals surface area contributed by atoms with Gasteiger partial charge in [-0.25, -0.2) is 0 Å². The number of carbonyl (C=O) groups excluding carboxylic acids is 1. The highest BCUT2D eigenvalue weighted by Gasteiger charge is 2.21. The van der Waals surface area contributed by atoms with Crippen molar-refractivity contribution in [2.24, 2.45) is 0 Å². The maximum Gasteiger partial charge on any atom is 0.273 e. The Kier molecular flexibility index (Phi) is 5.02. The van der Waals surface area contributed by atoms with E-state index in [4.69, 9.17) is 0 Å². The number of benzene rings is 1. The highest BCUT2D eigenvalue weighted by atomic mass is 16.2. The largest absolute Gasteiger partial charge is 0.349 e. The lowest BCUT2D eigenvalue weighted by Crippen LogP contribution is -2.42. The van der Waals surface area contributed by atoms with E-state index < -0.39 is 0 Å². The molecule has 1 atom stereocenters. The van der Waals surface area contributed by atoms with Crippen LogP contribution in [0.4, 0.5) is 0 Å². The molecule has 1 aromatic heterocycles. The highest BCUT2D eigenvalue weighted by molar-refractivity contribution is 5.91. The zero-order valence-electron chi connectivity index (χ0n) is 13.5. The van der Waals surface area contributed by atoms with Crippen LogP contribution >= 0.6 is 0 Å². The molecule has 1 amide bonds. The third-order valence-corrected chi connectivity index (χ3v) is 4.34. The SMILES string of the molecule is CC[C@@H](CNC(=O)c1cnn(-c2ccccc2)n1)N1CCCC1. The molecule has 1 aromatic carbocycles. The van der Waals surface area contributed by atoms with E-state index >= 15 is 0 Å². The Bertz CT molecular complexity index is 633. The minimum atomic E-state index is -0.162. The monoisotopic (exact) mass is 313 g/mol. The van der Waals surface area contributed by atoms with Gasteiger partial charge in [0.05, 0.1) is 11.9 Å². The predicted molar refractivity (Wildman–Crippen MR) is 88.6 cm³/mol. The van der Waals surface area contributed by atoms with Gasteiger partial charge < -0.3 is 5.32 Å². The lowest BCUT2D eigenvalue weighted by Gasteiger charge is -2.26. The van der Waals surface area contributed by atoms with Crippen molar-refractivity contribution < 1.29 is 4.79 Å². The standard InChI is InChI=1S/C17H23N5O/c1-2-14(21-10-6-7-11-21)12-18-17(23)16-13-19-22(20-16)15-8-4-3-5-9-15/h3-5,8-9,13-14H,2,6-7,10-12H2,1H3,(H,18,23)/t14-/m0/s1. The lowest BCUT2D eigenvalue weighted by molar-refractivity contribution is 0.0931. The Morgan fingerprint density at radius 3 is 2.70 bits per heavy atom. The summed E-state index contributed by atoms with van der Waals surface area (Å²) in [5.74, 6) is -0.162. The van der Waals surface area contributed by atoms with E-state index in [0.29, 0.717) is 18.3 Å². The van der Waals surface area contributed by atoms with Gasteiger partial charge in [-0.3, -0.25) is 9.69 Å². The number of nitrogens with zero attached hydrogens (tertiary/aromatic N) is 4. The Balaban J connectivity index is 1.59. The summed E-state index contributed by atoms with van der Waals surface area (Å²) in [6.07, 6.45) is 5.07. The third-order valence-electron chi connectivity index (χ3n) is 4.34. The molecule has 0 spiro atoms. The molecule has 3 rings (SSSR count). The lowest BCUT2D eigenvalue weighted by atomic mass is 10.2.